The Labute approximate surface area is 109 Å². The van der Waals surface area contributed by atoms with E-state index in [2.05, 4.69) is 0 Å². The highest BCUT2D eigenvalue weighted by Gasteiger charge is 2.08. The van der Waals surface area contributed by atoms with Crippen LogP contribution in [0.1, 0.15) is 5.56 Å². The van der Waals surface area contributed by atoms with Crippen molar-refractivity contribution in [3.63, 3.8) is 0 Å². The Kier molecular flexibility index (Phi) is 3.84. The van der Waals surface area contributed by atoms with Crippen LogP contribution in [0.2, 0.25) is 0 Å². The molecule has 0 aliphatic rings. The summed E-state index contributed by atoms with van der Waals surface area (Å²) in [6.07, 6.45) is 0. The Balaban J connectivity index is 2.12. The van der Waals surface area contributed by atoms with Crippen molar-refractivity contribution in [2.45, 2.75) is 10.6 Å². The van der Waals surface area contributed by atoms with Gasteiger partial charge in [0.1, 0.15) is 0 Å². The van der Waals surface area contributed by atoms with E-state index >= 15 is 0 Å². The summed E-state index contributed by atoms with van der Waals surface area (Å²) in [5, 5.41) is 10.7. The molecule has 0 radical (unpaired) electrons. The number of nitrogens with two attached hydrogens (primary N) is 1. The smallest absolute Gasteiger partial charge is 0.272 e. The van der Waals surface area contributed by atoms with Crippen molar-refractivity contribution >= 4 is 23.1 Å². The van der Waals surface area contributed by atoms with Gasteiger partial charge in [0, 0.05) is 28.5 Å². The fourth-order valence-corrected chi connectivity index (χ4v) is 2.48. The fraction of sp³-hybridized carbons (Fsp3) is 0.0769. The number of anilines is 1. The lowest BCUT2D eigenvalue weighted by Crippen LogP contribution is -1.92. The van der Waals surface area contributed by atoms with Gasteiger partial charge in [-0.3, -0.25) is 10.1 Å². The quantitative estimate of drug-likeness (QED) is 0.395. The molecule has 2 rings (SSSR count). The van der Waals surface area contributed by atoms with Crippen molar-refractivity contribution in [2.75, 3.05) is 5.73 Å². The molecule has 2 aromatic carbocycles. The number of benzene rings is 2. The van der Waals surface area contributed by atoms with E-state index in [0.717, 1.165) is 10.6 Å². The van der Waals surface area contributed by atoms with Crippen molar-refractivity contribution in [1.82, 2.24) is 0 Å². The normalized spacial score (nSPS) is 10.2. The number of nitrogen functional groups attached to an aromatic ring is 1. The number of thioether (sulfide) groups is 1. The SMILES string of the molecule is Nc1cc(SCc2ccccc2)cc([N+](=O)[O-])c1. The Morgan fingerprint density at radius 1 is 1.17 bits per heavy atom. The Morgan fingerprint density at radius 3 is 2.56 bits per heavy atom. The van der Waals surface area contributed by atoms with E-state index in [9.17, 15) is 10.1 Å². The van der Waals surface area contributed by atoms with Gasteiger partial charge in [-0.1, -0.05) is 30.3 Å². The van der Waals surface area contributed by atoms with Crippen LogP contribution in [0.25, 0.3) is 0 Å². The molecule has 0 unspecified atom stereocenters. The predicted molar refractivity (Wildman–Crippen MR) is 73.5 cm³/mol. The van der Waals surface area contributed by atoms with Gasteiger partial charge in [0.25, 0.3) is 5.69 Å². The van der Waals surface area contributed by atoms with Gasteiger partial charge < -0.3 is 5.73 Å². The molecule has 0 saturated heterocycles. The van der Waals surface area contributed by atoms with Crippen molar-refractivity contribution < 1.29 is 4.92 Å². The second-order valence-corrected chi connectivity index (χ2v) is 4.84. The summed E-state index contributed by atoms with van der Waals surface area (Å²) in [5.41, 5.74) is 7.27. The van der Waals surface area contributed by atoms with Crippen LogP contribution >= 0.6 is 11.8 Å². The number of hydrogen-bond acceptors (Lipinski definition) is 4. The van der Waals surface area contributed by atoms with E-state index in [1.807, 2.05) is 30.3 Å². The van der Waals surface area contributed by atoms with Crippen LogP contribution in [0.15, 0.2) is 53.4 Å². The molecular formula is C13H12N2O2S. The Morgan fingerprint density at radius 2 is 1.89 bits per heavy atom. The number of nitrogens with zero attached hydrogens (tertiary/aromatic N) is 1. The molecule has 0 aliphatic heterocycles. The average Bonchev–Trinajstić information content (AvgIpc) is 2.37. The van der Waals surface area contributed by atoms with E-state index in [-0.39, 0.29) is 5.69 Å². The lowest BCUT2D eigenvalue weighted by atomic mass is 10.2. The first-order valence-electron chi connectivity index (χ1n) is 5.37. The highest BCUT2D eigenvalue weighted by Crippen LogP contribution is 2.28. The first-order valence-corrected chi connectivity index (χ1v) is 6.35. The zero-order chi connectivity index (χ0) is 13.0. The molecular weight excluding hydrogens is 248 g/mol. The van der Waals surface area contributed by atoms with E-state index in [1.54, 1.807) is 12.1 Å². The third kappa shape index (κ3) is 3.24. The summed E-state index contributed by atoms with van der Waals surface area (Å²) in [6.45, 7) is 0. The van der Waals surface area contributed by atoms with Gasteiger partial charge >= 0.3 is 0 Å². The molecule has 5 heteroatoms. The molecule has 0 fully saturated rings. The Bertz CT molecular complexity index is 558. The van der Waals surface area contributed by atoms with Crippen molar-refractivity contribution in [3.05, 3.63) is 64.2 Å². The summed E-state index contributed by atoms with van der Waals surface area (Å²) < 4.78 is 0. The predicted octanol–water partition coefficient (Wildman–Crippen LogP) is 3.47. The van der Waals surface area contributed by atoms with Crippen LogP contribution in [0.5, 0.6) is 0 Å². The van der Waals surface area contributed by atoms with Crippen molar-refractivity contribution in [2.24, 2.45) is 0 Å². The summed E-state index contributed by atoms with van der Waals surface area (Å²) in [7, 11) is 0. The minimum absolute atomic E-state index is 0.0329. The molecule has 0 saturated carbocycles. The maximum atomic E-state index is 10.7. The second kappa shape index (κ2) is 5.55. The van der Waals surface area contributed by atoms with Gasteiger partial charge in [0.2, 0.25) is 0 Å². The number of hydrogen-bond donors (Lipinski definition) is 1. The van der Waals surface area contributed by atoms with Crippen LogP contribution in [0, 0.1) is 10.1 Å². The molecule has 92 valence electrons. The molecule has 2 N–H and O–H groups in total. The minimum Gasteiger partial charge on any atom is -0.398 e. The van der Waals surface area contributed by atoms with Gasteiger partial charge in [0.05, 0.1) is 4.92 Å². The largest absolute Gasteiger partial charge is 0.398 e. The molecule has 4 nitrogen and oxygen atoms in total. The number of nitro groups is 1. The highest BCUT2D eigenvalue weighted by molar-refractivity contribution is 7.98. The maximum absolute atomic E-state index is 10.7. The maximum Gasteiger partial charge on any atom is 0.272 e. The molecule has 0 amide bonds. The topological polar surface area (TPSA) is 69.2 Å². The number of rotatable bonds is 4. The number of nitro benzene ring substituents is 1. The molecule has 0 atom stereocenters. The standard InChI is InChI=1S/C13H12N2O2S/c14-11-6-12(15(16)17)8-13(7-11)18-9-10-4-2-1-3-5-10/h1-8H,9,14H2. The monoisotopic (exact) mass is 260 g/mol. The van der Waals surface area contributed by atoms with Crippen LogP contribution < -0.4 is 5.73 Å². The minimum atomic E-state index is -0.428. The molecule has 0 bridgehead atoms. The molecule has 0 spiro atoms. The highest BCUT2D eigenvalue weighted by atomic mass is 32.2. The van der Waals surface area contributed by atoms with Gasteiger partial charge in [0.15, 0.2) is 0 Å². The molecule has 0 aliphatic carbocycles. The molecule has 2 aromatic rings. The molecule has 0 aromatic heterocycles. The van der Waals surface area contributed by atoms with Crippen LogP contribution in [-0.2, 0) is 5.75 Å². The van der Waals surface area contributed by atoms with Crippen molar-refractivity contribution in [1.29, 1.82) is 0 Å². The lowest BCUT2D eigenvalue weighted by Gasteiger charge is -2.03. The summed E-state index contributed by atoms with van der Waals surface area (Å²) in [6, 6.07) is 14.6. The third-order valence-corrected chi connectivity index (χ3v) is 3.42. The molecule has 18 heavy (non-hydrogen) atoms. The lowest BCUT2D eigenvalue weighted by molar-refractivity contribution is -0.385. The summed E-state index contributed by atoms with van der Waals surface area (Å²) in [5.74, 6) is 0.765. The Hall–Kier alpha value is -2.01. The van der Waals surface area contributed by atoms with Gasteiger partial charge in [-0.15, -0.1) is 11.8 Å². The summed E-state index contributed by atoms with van der Waals surface area (Å²) >= 11 is 1.53. The average molecular weight is 260 g/mol. The van der Waals surface area contributed by atoms with Gasteiger partial charge in [-0.05, 0) is 11.6 Å². The second-order valence-electron chi connectivity index (χ2n) is 3.79. The first-order chi connectivity index (χ1) is 8.65. The first kappa shape index (κ1) is 12.4. The van der Waals surface area contributed by atoms with E-state index < -0.39 is 4.92 Å². The van der Waals surface area contributed by atoms with Gasteiger partial charge in [-0.2, -0.15) is 0 Å². The van der Waals surface area contributed by atoms with Crippen LogP contribution in [0.4, 0.5) is 11.4 Å². The van der Waals surface area contributed by atoms with E-state index in [1.165, 1.54) is 23.4 Å². The third-order valence-electron chi connectivity index (χ3n) is 2.37. The van der Waals surface area contributed by atoms with Crippen LogP contribution in [0.3, 0.4) is 0 Å². The molecule has 0 heterocycles. The fourth-order valence-electron chi connectivity index (χ4n) is 1.54. The van der Waals surface area contributed by atoms with E-state index in [4.69, 9.17) is 5.73 Å². The zero-order valence-electron chi connectivity index (χ0n) is 9.58. The summed E-state index contributed by atoms with van der Waals surface area (Å²) in [4.78, 5) is 11.1. The zero-order valence-corrected chi connectivity index (χ0v) is 10.4. The van der Waals surface area contributed by atoms with Crippen LogP contribution in [-0.4, -0.2) is 4.92 Å². The van der Waals surface area contributed by atoms with Crippen molar-refractivity contribution in [3.8, 4) is 0 Å². The van der Waals surface area contributed by atoms with E-state index in [0.29, 0.717) is 5.69 Å². The van der Waals surface area contributed by atoms with Gasteiger partial charge in [-0.25, -0.2) is 0 Å². The number of non-ortho nitro benzene ring substituents is 1.